The lowest BCUT2D eigenvalue weighted by Gasteiger charge is -2.12. The molecule has 84 valence electrons. The molecule has 0 amide bonds. The minimum Gasteiger partial charge on any atom is -0.491 e. The first-order valence-corrected chi connectivity index (χ1v) is 4.67. The van der Waals surface area contributed by atoms with Crippen LogP contribution in [0.5, 0.6) is 5.75 Å². The van der Waals surface area contributed by atoms with Crippen LogP contribution in [-0.4, -0.2) is 13.2 Å². The zero-order valence-corrected chi connectivity index (χ0v) is 8.47. The zero-order valence-electron chi connectivity index (χ0n) is 8.47. The fourth-order valence-electron chi connectivity index (χ4n) is 1.19. The lowest BCUT2D eigenvalue weighted by atomic mass is 10.1. The molecule has 5 heteroatoms. The Hall–Kier alpha value is -1.20. The smallest absolute Gasteiger partial charge is 0.200 e. The number of hydrogen-bond donors (Lipinski definition) is 2. The van der Waals surface area contributed by atoms with Gasteiger partial charge in [-0.2, -0.15) is 4.39 Å². The van der Waals surface area contributed by atoms with Crippen LogP contribution < -0.4 is 16.2 Å². The molecule has 1 unspecified atom stereocenters. The Morgan fingerprint density at radius 2 is 2.07 bits per heavy atom. The minimum absolute atomic E-state index is 0.128. The van der Waals surface area contributed by atoms with Gasteiger partial charge in [-0.25, -0.2) is 4.39 Å². The van der Waals surface area contributed by atoms with Gasteiger partial charge in [-0.3, -0.25) is 0 Å². The molecule has 1 aromatic carbocycles. The second-order valence-electron chi connectivity index (χ2n) is 3.09. The Balaban J connectivity index is 3.11. The Morgan fingerprint density at radius 3 is 2.60 bits per heavy atom. The first-order valence-electron chi connectivity index (χ1n) is 4.67. The first-order chi connectivity index (χ1) is 7.10. The van der Waals surface area contributed by atoms with Crippen molar-refractivity contribution in [3.05, 3.63) is 29.3 Å². The van der Waals surface area contributed by atoms with Crippen LogP contribution in [0.2, 0.25) is 0 Å². The lowest BCUT2D eigenvalue weighted by molar-refractivity contribution is 0.313. The van der Waals surface area contributed by atoms with Crippen LogP contribution in [0.1, 0.15) is 18.5 Å². The van der Waals surface area contributed by atoms with Crippen molar-refractivity contribution in [1.29, 1.82) is 0 Å². The van der Waals surface area contributed by atoms with Gasteiger partial charge < -0.3 is 16.2 Å². The van der Waals surface area contributed by atoms with Crippen molar-refractivity contribution in [2.75, 3.05) is 13.2 Å². The van der Waals surface area contributed by atoms with Gasteiger partial charge in [0.1, 0.15) is 0 Å². The van der Waals surface area contributed by atoms with Crippen LogP contribution in [0.25, 0.3) is 0 Å². The summed E-state index contributed by atoms with van der Waals surface area (Å²) in [5, 5.41) is 0. The standard InChI is InChI=1S/C10H14F2N2O/c1-2-15-9-4-6(8(14)5-13)3-7(11)10(9)12/h3-4,8H,2,5,13-14H2,1H3. The van der Waals surface area contributed by atoms with Gasteiger partial charge in [-0.1, -0.05) is 0 Å². The van der Waals surface area contributed by atoms with Crippen molar-refractivity contribution >= 4 is 0 Å². The van der Waals surface area contributed by atoms with Gasteiger partial charge in [-0.15, -0.1) is 0 Å². The average Bonchev–Trinajstić information content (AvgIpc) is 2.23. The fourth-order valence-corrected chi connectivity index (χ4v) is 1.19. The summed E-state index contributed by atoms with van der Waals surface area (Å²) in [6.07, 6.45) is 0. The van der Waals surface area contributed by atoms with Crippen molar-refractivity contribution in [1.82, 2.24) is 0 Å². The molecule has 1 rings (SSSR count). The van der Waals surface area contributed by atoms with E-state index in [1.807, 2.05) is 0 Å². The molecule has 0 fully saturated rings. The summed E-state index contributed by atoms with van der Waals surface area (Å²) in [6, 6.07) is 1.90. The molecule has 0 aliphatic carbocycles. The van der Waals surface area contributed by atoms with Gasteiger partial charge in [0.05, 0.1) is 6.61 Å². The predicted octanol–water partition coefficient (Wildman–Crippen LogP) is 1.32. The van der Waals surface area contributed by atoms with Gasteiger partial charge in [0.25, 0.3) is 0 Å². The van der Waals surface area contributed by atoms with Crippen LogP contribution in [0.4, 0.5) is 8.78 Å². The third-order valence-corrected chi connectivity index (χ3v) is 2.00. The van der Waals surface area contributed by atoms with E-state index in [0.29, 0.717) is 5.56 Å². The van der Waals surface area contributed by atoms with E-state index in [0.717, 1.165) is 6.07 Å². The summed E-state index contributed by atoms with van der Waals surface area (Å²) in [4.78, 5) is 0. The molecule has 0 saturated heterocycles. The van der Waals surface area contributed by atoms with Gasteiger partial charge in [-0.05, 0) is 24.6 Å². The number of ether oxygens (including phenoxy) is 1. The second kappa shape index (κ2) is 5.04. The normalized spacial score (nSPS) is 12.6. The van der Waals surface area contributed by atoms with Gasteiger partial charge in [0.2, 0.25) is 5.82 Å². The number of hydrogen-bond acceptors (Lipinski definition) is 3. The highest BCUT2D eigenvalue weighted by molar-refractivity contribution is 5.33. The number of rotatable bonds is 4. The molecule has 0 saturated carbocycles. The molecule has 1 aromatic rings. The highest BCUT2D eigenvalue weighted by Gasteiger charge is 2.14. The molecule has 0 radical (unpaired) electrons. The van der Waals surface area contributed by atoms with Crippen molar-refractivity contribution in [2.45, 2.75) is 13.0 Å². The van der Waals surface area contributed by atoms with Gasteiger partial charge >= 0.3 is 0 Å². The van der Waals surface area contributed by atoms with Crippen LogP contribution in [0, 0.1) is 11.6 Å². The summed E-state index contributed by atoms with van der Waals surface area (Å²) in [7, 11) is 0. The van der Waals surface area contributed by atoms with E-state index < -0.39 is 17.7 Å². The second-order valence-corrected chi connectivity index (χ2v) is 3.09. The van der Waals surface area contributed by atoms with Crippen molar-refractivity contribution < 1.29 is 13.5 Å². The Morgan fingerprint density at radius 1 is 1.40 bits per heavy atom. The Kier molecular flexibility index (Phi) is 3.99. The van der Waals surface area contributed by atoms with Crippen LogP contribution in [0.15, 0.2) is 12.1 Å². The Labute approximate surface area is 87.0 Å². The summed E-state index contributed by atoms with van der Waals surface area (Å²) < 4.78 is 31.2. The van der Waals surface area contributed by atoms with Gasteiger partial charge in [0, 0.05) is 12.6 Å². The van der Waals surface area contributed by atoms with E-state index in [1.54, 1.807) is 6.92 Å². The van der Waals surface area contributed by atoms with E-state index in [2.05, 4.69) is 0 Å². The highest BCUT2D eigenvalue weighted by atomic mass is 19.2. The van der Waals surface area contributed by atoms with Gasteiger partial charge in [0.15, 0.2) is 11.6 Å². The average molecular weight is 216 g/mol. The number of halogens is 2. The fraction of sp³-hybridized carbons (Fsp3) is 0.400. The molecule has 0 aliphatic heterocycles. The van der Waals surface area contributed by atoms with E-state index in [4.69, 9.17) is 16.2 Å². The summed E-state index contributed by atoms with van der Waals surface area (Å²) in [5.41, 5.74) is 11.4. The van der Waals surface area contributed by atoms with E-state index >= 15 is 0 Å². The molecule has 0 bridgehead atoms. The van der Waals surface area contributed by atoms with Crippen molar-refractivity contribution in [3.63, 3.8) is 0 Å². The maximum absolute atomic E-state index is 13.2. The van der Waals surface area contributed by atoms with Crippen molar-refractivity contribution in [2.24, 2.45) is 11.5 Å². The molecule has 0 aromatic heterocycles. The lowest BCUT2D eigenvalue weighted by Crippen LogP contribution is -2.21. The van der Waals surface area contributed by atoms with Crippen LogP contribution in [-0.2, 0) is 0 Å². The largest absolute Gasteiger partial charge is 0.491 e. The molecule has 1 atom stereocenters. The SMILES string of the molecule is CCOc1cc(C(N)CN)cc(F)c1F. The van der Waals surface area contributed by atoms with E-state index in [9.17, 15) is 8.78 Å². The minimum atomic E-state index is -0.996. The molecular weight excluding hydrogens is 202 g/mol. The maximum atomic E-state index is 13.2. The number of benzene rings is 1. The third-order valence-electron chi connectivity index (χ3n) is 2.00. The van der Waals surface area contributed by atoms with Crippen LogP contribution in [0.3, 0.4) is 0 Å². The molecular formula is C10H14F2N2O. The highest BCUT2D eigenvalue weighted by Crippen LogP contribution is 2.24. The summed E-state index contributed by atoms with van der Waals surface area (Å²) in [5.74, 6) is -2.10. The predicted molar refractivity (Wildman–Crippen MR) is 53.5 cm³/mol. The van der Waals surface area contributed by atoms with Crippen LogP contribution >= 0.6 is 0 Å². The first kappa shape index (κ1) is 11.9. The quantitative estimate of drug-likeness (QED) is 0.798. The monoisotopic (exact) mass is 216 g/mol. The third kappa shape index (κ3) is 2.64. The zero-order chi connectivity index (χ0) is 11.4. The molecule has 0 aliphatic rings. The van der Waals surface area contributed by atoms with E-state index in [-0.39, 0.29) is 18.9 Å². The Bertz CT molecular complexity index is 344. The number of nitrogens with two attached hydrogens (primary N) is 2. The molecule has 4 N–H and O–H groups in total. The van der Waals surface area contributed by atoms with E-state index in [1.165, 1.54) is 6.07 Å². The topological polar surface area (TPSA) is 61.3 Å². The molecule has 15 heavy (non-hydrogen) atoms. The maximum Gasteiger partial charge on any atom is 0.200 e. The molecule has 3 nitrogen and oxygen atoms in total. The summed E-state index contributed by atoms with van der Waals surface area (Å²) in [6.45, 7) is 2.11. The van der Waals surface area contributed by atoms with Crippen molar-refractivity contribution in [3.8, 4) is 5.75 Å². The molecule has 0 heterocycles. The summed E-state index contributed by atoms with van der Waals surface area (Å²) >= 11 is 0. The molecule has 0 spiro atoms.